The maximum atomic E-state index is 13.0. The quantitative estimate of drug-likeness (QED) is 0.403. The number of rotatable bonds is 7. The average molecular weight is 437 g/mol. The molecule has 7 heteroatoms. The van der Waals surface area contributed by atoms with E-state index in [4.69, 9.17) is 4.74 Å². The minimum absolute atomic E-state index is 0.0463. The number of nitrogens with zero attached hydrogens (tertiary/aromatic N) is 1. The molecule has 5 aliphatic rings. The summed E-state index contributed by atoms with van der Waals surface area (Å²) >= 11 is 0. The Hall–Kier alpha value is -2.96. The lowest BCUT2D eigenvalue weighted by atomic mass is 9.63. The molecule has 0 radical (unpaired) electrons. The normalized spacial score (nSPS) is 31.5. The molecule has 1 aromatic carbocycles. The maximum absolute atomic E-state index is 13.0. The van der Waals surface area contributed by atoms with E-state index in [1.165, 1.54) is 4.90 Å². The lowest BCUT2D eigenvalue weighted by Gasteiger charge is -2.37. The van der Waals surface area contributed by atoms with Crippen molar-refractivity contribution < 1.29 is 23.9 Å². The van der Waals surface area contributed by atoms with Crippen LogP contribution in [0, 0.1) is 41.4 Å². The Bertz CT molecular complexity index is 962. The topological polar surface area (TPSA) is 92.8 Å². The molecule has 1 N–H and O–H groups in total. The fourth-order valence-corrected chi connectivity index (χ4v) is 5.69. The van der Waals surface area contributed by atoms with E-state index in [1.807, 2.05) is 13.8 Å². The summed E-state index contributed by atoms with van der Waals surface area (Å²) in [4.78, 5) is 51.7. The number of hydrogen-bond acceptors (Lipinski definition) is 5. The number of ether oxygens (including phenoxy) is 1. The van der Waals surface area contributed by atoms with E-state index in [0.29, 0.717) is 29.7 Å². The van der Waals surface area contributed by atoms with Crippen molar-refractivity contribution in [1.82, 2.24) is 4.90 Å². The lowest BCUT2D eigenvalue weighted by Crippen LogP contribution is -2.40. The molecule has 6 atom stereocenters. The molecule has 3 fully saturated rings. The Labute approximate surface area is 187 Å². The minimum Gasteiger partial charge on any atom is -0.462 e. The molecule has 2 saturated carbocycles. The van der Waals surface area contributed by atoms with Crippen molar-refractivity contribution in [3.05, 3.63) is 42.0 Å². The first-order valence-electron chi connectivity index (χ1n) is 11.5. The number of benzene rings is 1. The van der Waals surface area contributed by atoms with Gasteiger partial charge < -0.3 is 10.1 Å². The van der Waals surface area contributed by atoms with Crippen LogP contribution >= 0.6 is 0 Å². The zero-order valence-electron chi connectivity index (χ0n) is 18.3. The molecule has 1 saturated heterocycles. The molecule has 0 unspecified atom stereocenters. The number of anilines is 1. The highest BCUT2D eigenvalue weighted by Gasteiger charge is 2.66. The van der Waals surface area contributed by atoms with Crippen LogP contribution in [-0.4, -0.2) is 41.7 Å². The van der Waals surface area contributed by atoms with Crippen molar-refractivity contribution in [3.8, 4) is 0 Å². The molecule has 168 valence electrons. The zero-order valence-corrected chi connectivity index (χ0v) is 18.3. The monoisotopic (exact) mass is 436 g/mol. The van der Waals surface area contributed by atoms with Crippen LogP contribution in [-0.2, 0) is 19.1 Å². The number of likely N-dealkylation sites (tertiary alicyclic amines) is 1. The fourth-order valence-electron chi connectivity index (χ4n) is 5.69. The molecule has 1 heterocycles. The molecule has 6 rings (SSSR count). The maximum Gasteiger partial charge on any atom is 0.338 e. The van der Waals surface area contributed by atoms with Crippen LogP contribution in [0.25, 0.3) is 0 Å². The van der Waals surface area contributed by atoms with Crippen molar-refractivity contribution in [2.45, 2.75) is 26.7 Å². The van der Waals surface area contributed by atoms with E-state index in [0.717, 1.165) is 6.42 Å². The van der Waals surface area contributed by atoms with Gasteiger partial charge in [0, 0.05) is 18.7 Å². The van der Waals surface area contributed by atoms with Crippen LogP contribution in [0.5, 0.6) is 0 Å². The van der Waals surface area contributed by atoms with Gasteiger partial charge in [0.05, 0.1) is 24.0 Å². The number of allylic oxidation sites excluding steroid dienone is 2. The molecule has 0 spiro atoms. The molecule has 3 amide bonds. The molecule has 1 aromatic rings. The van der Waals surface area contributed by atoms with E-state index in [2.05, 4.69) is 17.5 Å². The van der Waals surface area contributed by atoms with E-state index < -0.39 is 5.97 Å². The molecule has 2 bridgehead atoms. The highest BCUT2D eigenvalue weighted by molar-refractivity contribution is 6.06. The number of carbonyl (C=O) groups excluding carboxylic acids is 4. The van der Waals surface area contributed by atoms with Gasteiger partial charge >= 0.3 is 5.97 Å². The van der Waals surface area contributed by atoms with Gasteiger partial charge in [-0.2, -0.15) is 0 Å². The van der Waals surface area contributed by atoms with Gasteiger partial charge in [-0.05, 0) is 60.3 Å². The third kappa shape index (κ3) is 3.53. The SMILES string of the molecule is CC(C)COC(=O)c1ccc(NC(=O)CCN2C(=O)[C@@H]3[C@H]4C=C[C@@H]([C@@H]5C[C@@H]45)[C@@H]3C2=O)cc1. The molecule has 1 aliphatic heterocycles. The highest BCUT2D eigenvalue weighted by atomic mass is 16.5. The van der Waals surface area contributed by atoms with Gasteiger partial charge in [0.1, 0.15) is 0 Å². The second-order valence-corrected chi connectivity index (χ2v) is 9.85. The summed E-state index contributed by atoms with van der Waals surface area (Å²) in [7, 11) is 0. The molecular formula is C25H28N2O5. The van der Waals surface area contributed by atoms with Crippen LogP contribution in [0.3, 0.4) is 0 Å². The van der Waals surface area contributed by atoms with Crippen LogP contribution in [0.1, 0.15) is 37.0 Å². The summed E-state index contributed by atoms with van der Waals surface area (Å²) in [5, 5.41) is 2.77. The summed E-state index contributed by atoms with van der Waals surface area (Å²) in [6, 6.07) is 6.48. The lowest BCUT2D eigenvalue weighted by molar-refractivity contribution is -0.140. The third-order valence-corrected chi connectivity index (χ3v) is 7.27. The van der Waals surface area contributed by atoms with Crippen molar-refractivity contribution in [2.24, 2.45) is 41.4 Å². The highest BCUT2D eigenvalue weighted by Crippen LogP contribution is 2.65. The summed E-state index contributed by atoms with van der Waals surface area (Å²) < 4.78 is 5.19. The van der Waals surface area contributed by atoms with E-state index in [1.54, 1.807) is 24.3 Å². The first kappa shape index (κ1) is 20.9. The van der Waals surface area contributed by atoms with Gasteiger partial charge in [0.25, 0.3) is 0 Å². The Balaban J connectivity index is 1.14. The number of amides is 3. The van der Waals surface area contributed by atoms with Crippen molar-refractivity contribution in [1.29, 1.82) is 0 Å². The number of nitrogens with one attached hydrogen (secondary N) is 1. The predicted molar refractivity (Wildman–Crippen MR) is 116 cm³/mol. The largest absolute Gasteiger partial charge is 0.462 e. The first-order chi connectivity index (χ1) is 15.3. The minimum atomic E-state index is -0.398. The molecule has 4 aliphatic carbocycles. The standard InChI is InChI=1S/C25H28N2O5/c1-13(2)12-32-25(31)14-3-5-15(6-4-14)26-20(28)9-10-27-23(29)21-16-7-8-17(19-11-18(16)19)22(21)24(27)30/h3-8,13,16-19,21-22H,9-12H2,1-2H3,(H,26,28)/t16-,17-,18-,19-,21-,22+/m0/s1. The second-order valence-electron chi connectivity index (χ2n) is 9.85. The van der Waals surface area contributed by atoms with Crippen molar-refractivity contribution in [2.75, 3.05) is 18.5 Å². The molecule has 32 heavy (non-hydrogen) atoms. The fraction of sp³-hybridized carbons (Fsp3) is 0.520. The predicted octanol–water partition coefficient (Wildman–Crippen LogP) is 2.88. The summed E-state index contributed by atoms with van der Waals surface area (Å²) in [6.07, 6.45) is 5.46. The van der Waals surface area contributed by atoms with Gasteiger partial charge in [-0.3, -0.25) is 19.3 Å². The van der Waals surface area contributed by atoms with Gasteiger partial charge in [-0.15, -0.1) is 0 Å². The molecule has 0 aromatic heterocycles. The van der Waals surface area contributed by atoms with Crippen LogP contribution in [0.15, 0.2) is 36.4 Å². The number of imide groups is 1. The van der Waals surface area contributed by atoms with Gasteiger partial charge in [-0.25, -0.2) is 4.79 Å². The molecule has 7 nitrogen and oxygen atoms in total. The van der Waals surface area contributed by atoms with Gasteiger partial charge in [-0.1, -0.05) is 26.0 Å². The van der Waals surface area contributed by atoms with Crippen LogP contribution < -0.4 is 5.32 Å². The summed E-state index contributed by atoms with van der Waals surface area (Å²) in [5.41, 5.74) is 0.964. The average Bonchev–Trinajstić information content (AvgIpc) is 3.56. The van der Waals surface area contributed by atoms with Crippen LogP contribution in [0.2, 0.25) is 0 Å². The smallest absolute Gasteiger partial charge is 0.338 e. The van der Waals surface area contributed by atoms with Crippen molar-refractivity contribution >= 4 is 29.4 Å². The second kappa shape index (κ2) is 7.87. The van der Waals surface area contributed by atoms with E-state index in [-0.39, 0.29) is 60.3 Å². The Morgan fingerprint density at radius 2 is 1.62 bits per heavy atom. The number of carbonyl (C=O) groups is 4. The number of hydrogen-bond donors (Lipinski definition) is 1. The van der Waals surface area contributed by atoms with Crippen LogP contribution in [0.4, 0.5) is 5.69 Å². The van der Waals surface area contributed by atoms with Gasteiger partial charge in [0.2, 0.25) is 17.7 Å². The molecular weight excluding hydrogens is 408 g/mol. The number of esters is 1. The Morgan fingerprint density at radius 3 is 2.19 bits per heavy atom. The summed E-state index contributed by atoms with van der Waals surface area (Å²) in [6.45, 7) is 4.39. The zero-order chi connectivity index (χ0) is 22.6. The Morgan fingerprint density at radius 1 is 1.03 bits per heavy atom. The van der Waals surface area contributed by atoms with Crippen molar-refractivity contribution in [3.63, 3.8) is 0 Å². The van der Waals surface area contributed by atoms with Gasteiger partial charge in [0.15, 0.2) is 0 Å². The summed E-state index contributed by atoms with van der Waals surface area (Å²) in [5.74, 6) is 0.418. The van der Waals surface area contributed by atoms with E-state index >= 15 is 0 Å². The Kier molecular flexibility index (Phi) is 5.14. The third-order valence-electron chi connectivity index (χ3n) is 7.27. The van der Waals surface area contributed by atoms with E-state index in [9.17, 15) is 19.2 Å². The first-order valence-corrected chi connectivity index (χ1v) is 11.5.